The molecule has 0 aliphatic carbocycles. The van der Waals surface area contributed by atoms with E-state index in [0.29, 0.717) is 12.1 Å². The van der Waals surface area contributed by atoms with E-state index in [9.17, 15) is 4.79 Å². The maximum atomic E-state index is 12.1. The number of hydrogen-bond donors (Lipinski definition) is 2. The number of nitrogens with one attached hydrogen (secondary N) is 2. The van der Waals surface area contributed by atoms with Crippen molar-refractivity contribution >= 4 is 5.91 Å². The number of likely N-dealkylation sites (tertiary alicyclic amines) is 1. The highest BCUT2D eigenvalue weighted by Gasteiger charge is 2.25. The van der Waals surface area contributed by atoms with E-state index in [1.54, 1.807) is 0 Å². The number of piperidine rings is 2. The van der Waals surface area contributed by atoms with Crippen LogP contribution in [0.25, 0.3) is 0 Å². The van der Waals surface area contributed by atoms with E-state index in [4.69, 9.17) is 0 Å². The van der Waals surface area contributed by atoms with Gasteiger partial charge in [0, 0.05) is 25.2 Å². The molecule has 2 heterocycles. The zero-order valence-corrected chi connectivity index (χ0v) is 11.7. The van der Waals surface area contributed by atoms with Gasteiger partial charge in [-0.15, -0.1) is 0 Å². The van der Waals surface area contributed by atoms with Gasteiger partial charge in [-0.3, -0.25) is 4.79 Å². The lowest BCUT2D eigenvalue weighted by atomic mass is 9.94. The van der Waals surface area contributed by atoms with Gasteiger partial charge in [0.15, 0.2) is 0 Å². The Morgan fingerprint density at radius 1 is 1.33 bits per heavy atom. The van der Waals surface area contributed by atoms with Crippen molar-refractivity contribution in [1.29, 1.82) is 0 Å². The van der Waals surface area contributed by atoms with Crippen LogP contribution in [-0.4, -0.2) is 49.6 Å². The Morgan fingerprint density at radius 3 is 2.83 bits per heavy atom. The number of carbonyl (C=O) groups excluding carboxylic acids is 1. The predicted molar refractivity (Wildman–Crippen MR) is 73.5 cm³/mol. The predicted octanol–water partition coefficient (Wildman–Crippen LogP) is 0.975. The molecule has 0 aromatic rings. The third-order valence-electron chi connectivity index (χ3n) is 4.47. The zero-order valence-electron chi connectivity index (χ0n) is 11.7. The maximum Gasteiger partial charge on any atom is 0.224 e. The molecular weight excluding hydrogens is 226 g/mol. The molecule has 2 aliphatic heterocycles. The van der Waals surface area contributed by atoms with Crippen LogP contribution in [0.15, 0.2) is 0 Å². The van der Waals surface area contributed by atoms with E-state index in [1.807, 2.05) is 0 Å². The quantitative estimate of drug-likeness (QED) is 0.788. The van der Waals surface area contributed by atoms with E-state index in [2.05, 4.69) is 29.5 Å². The van der Waals surface area contributed by atoms with Crippen LogP contribution < -0.4 is 10.6 Å². The molecule has 2 fully saturated rings. The Kier molecular flexibility index (Phi) is 5.01. The average molecular weight is 253 g/mol. The summed E-state index contributed by atoms with van der Waals surface area (Å²) in [6.07, 6.45) is 5.96. The normalized spacial score (nSPS) is 34.2. The summed E-state index contributed by atoms with van der Waals surface area (Å²) < 4.78 is 0. The van der Waals surface area contributed by atoms with Crippen LogP contribution in [0.4, 0.5) is 0 Å². The Morgan fingerprint density at radius 2 is 2.17 bits per heavy atom. The van der Waals surface area contributed by atoms with Gasteiger partial charge in [-0.1, -0.05) is 6.42 Å². The van der Waals surface area contributed by atoms with Crippen LogP contribution >= 0.6 is 0 Å². The molecule has 2 N–H and O–H groups in total. The van der Waals surface area contributed by atoms with Crippen molar-refractivity contribution in [1.82, 2.24) is 15.5 Å². The number of nitrogens with zero attached hydrogens (tertiary/aromatic N) is 1. The fourth-order valence-corrected chi connectivity index (χ4v) is 2.99. The standard InChI is InChI=1S/C14H27N3O/c1-11-6-7-12(9-15-11)14(18)16-10-13-5-3-4-8-17(13)2/h11-13,15H,3-10H2,1-2H3,(H,16,18). The molecule has 18 heavy (non-hydrogen) atoms. The topological polar surface area (TPSA) is 44.4 Å². The molecule has 4 nitrogen and oxygen atoms in total. The molecule has 1 amide bonds. The Bertz CT molecular complexity index is 274. The number of amides is 1. The van der Waals surface area contributed by atoms with Crippen LogP contribution in [0.1, 0.15) is 39.0 Å². The van der Waals surface area contributed by atoms with Crippen molar-refractivity contribution in [2.75, 3.05) is 26.7 Å². The molecule has 0 aromatic carbocycles. The Balaban J connectivity index is 1.70. The molecule has 0 radical (unpaired) electrons. The smallest absolute Gasteiger partial charge is 0.224 e. The molecule has 2 aliphatic rings. The van der Waals surface area contributed by atoms with E-state index in [0.717, 1.165) is 25.9 Å². The van der Waals surface area contributed by atoms with E-state index < -0.39 is 0 Å². The summed E-state index contributed by atoms with van der Waals surface area (Å²) in [7, 11) is 2.17. The first-order valence-electron chi connectivity index (χ1n) is 7.38. The zero-order chi connectivity index (χ0) is 13.0. The Labute approximate surface area is 110 Å². The van der Waals surface area contributed by atoms with E-state index in [-0.39, 0.29) is 11.8 Å². The molecule has 0 aromatic heterocycles. The van der Waals surface area contributed by atoms with Crippen LogP contribution in [0.5, 0.6) is 0 Å². The lowest BCUT2D eigenvalue weighted by Crippen LogP contribution is -2.48. The first-order chi connectivity index (χ1) is 8.66. The van der Waals surface area contributed by atoms with Gasteiger partial charge in [-0.05, 0) is 46.2 Å². The third kappa shape index (κ3) is 3.69. The number of likely N-dealkylation sites (N-methyl/N-ethyl adjacent to an activating group) is 1. The van der Waals surface area contributed by atoms with E-state index in [1.165, 1.54) is 25.8 Å². The fourth-order valence-electron chi connectivity index (χ4n) is 2.99. The van der Waals surface area contributed by atoms with Crippen LogP contribution in [0.3, 0.4) is 0 Å². The van der Waals surface area contributed by atoms with Gasteiger partial charge >= 0.3 is 0 Å². The average Bonchev–Trinajstić information content (AvgIpc) is 2.38. The second-order valence-corrected chi connectivity index (χ2v) is 5.96. The molecule has 0 saturated carbocycles. The van der Waals surface area contributed by atoms with Gasteiger partial charge in [0.2, 0.25) is 5.91 Å². The van der Waals surface area contributed by atoms with Gasteiger partial charge in [0.1, 0.15) is 0 Å². The summed E-state index contributed by atoms with van der Waals surface area (Å²) in [5, 5.41) is 6.54. The van der Waals surface area contributed by atoms with Gasteiger partial charge < -0.3 is 15.5 Å². The van der Waals surface area contributed by atoms with Crippen molar-refractivity contribution in [3.05, 3.63) is 0 Å². The third-order valence-corrected chi connectivity index (χ3v) is 4.47. The highest BCUT2D eigenvalue weighted by atomic mass is 16.1. The highest BCUT2D eigenvalue weighted by Crippen LogP contribution is 2.16. The lowest BCUT2D eigenvalue weighted by molar-refractivity contribution is -0.125. The maximum absolute atomic E-state index is 12.1. The molecule has 3 atom stereocenters. The summed E-state index contributed by atoms with van der Waals surface area (Å²) in [5.41, 5.74) is 0. The second kappa shape index (κ2) is 6.53. The summed E-state index contributed by atoms with van der Waals surface area (Å²) >= 11 is 0. The minimum atomic E-state index is 0.176. The monoisotopic (exact) mass is 253 g/mol. The van der Waals surface area contributed by atoms with Crippen molar-refractivity contribution in [3.8, 4) is 0 Å². The number of hydrogen-bond acceptors (Lipinski definition) is 3. The van der Waals surface area contributed by atoms with Crippen molar-refractivity contribution in [3.63, 3.8) is 0 Å². The largest absolute Gasteiger partial charge is 0.354 e. The summed E-state index contributed by atoms with van der Waals surface area (Å²) in [4.78, 5) is 14.5. The van der Waals surface area contributed by atoms with E-state index >= 15 is 0 Å². The fraction of sp³-hybridized carbons (Fsp3) is 0.929. The summed E-state index contributed by atoms with van der Waals surface area (Å²) in [6.45, 7) is 5.02. The van der Waals surface area contributed by atoms with Gasteiger partial charge in [-0.25, -0.2) is 0 Å². The minimum absolute atomic E-state index is 0.176. The SMILES string of the molecule is CC1CCC(C(=O)NCC2CCCCN2C)CN1. The van der Waals surface area contributed by atoms with Gasteiger partial charge in [0.25, 0.3) is 0 Å². The number of rotatable bonds is 3. The molecule has 3 unspecified atom stereocenters. The molecule has 4 heteroatoms. The molecule has 104 valence electrons. The molecular formula is C14H27N3O. The van der Waals surface area contributed by atoms with Crippen LogP contribution in [0, 0.1) is 5.92 Å². The van der Waals surface area contributed by atoms with Crippen LogP contribution in [0.2, 0.25) is 0 Å². The first-order valence-corrected chi connectivity index (χ1v) is 7.38. The molecule has 0 bridgehead atoms. The summed E-state index contributed by atoms with van der Waals surface area (Å²) in [6, 6.07) is 1.11. The van der Waals surface area contributed by atoms with Gasteiger partial charge in [-0.2, -0.15) is 0 Å². The van der Waals surface area contributed by atoms with Crippen molar-refractivity contribution in [2.45, 2.75) is 51.1 Å². The van der Waals surface area contributed by atoms with Crippen molar-refractivity contribution < 1.29 is 4.79 Å². The lowest BCUT2D eigenvalue weighted by Gasteiger charge is -2.33. The first kappa shape index (κ1) is 13.8. The molecule has 0 spiro atoms. The highest BCUT2D eigenvalue weighted by molar-refractivity contribution is 5.79. The minimum Gasteiger partial charge on any atom is -0.354 e. The summed E-state index contributed by atoms with van der Waals surface area (Å²) in [5.74, 6) is 0.420. The molecule has 2 saturated heterocycles. The number of carbonyl (C=O) groups is 1. The van der Waals surface area contributed by atoms with Gasteiger partial charge in [0.05, 0.1) is 5.92 Å². The second-order valence-electron chi connectivity index (χ2n) is 5.96. The Hall–Kier alpha value is -0.610. The van der Waals surface area contributed by atoms with Crippen LogP contribution in [-0.2, 0) is 4.79 Å². The van der Waals surface area contributed by atoms with Crippen molar-refractivity contribution in [2.24, 2.45) is 5.92 Å². The molecule has 2 rings (SSSR count).